The topological polar surface area (TPSA) is 69.4 Å². The third-order valence-corrected chi connectivity index (χ3v) is 3.29. The van der Waals surface area contributed by atoms with Gasteiger partial charge in [0.25, 0.3) is 5.69 Å². The molecule has 0 saturated heterocycles. The zero-order valence-corrected chi connectivity index (χ0v) is 12.3. The lowest BCUT2D eigenvalue weighted by atomic mass is 10.1. The van der Waals surface area contributed by atoms with Crippen molar-refractivity contribution in [2.24, 2.45) is 0 Å². The van der Waals surface area contributed by atoms with Gasteiger partial charge in [-0.1, -0.05) is 23.2 Å². The number of nitrogens with zero attached hydrogens (tertiary/aromatic N) is 1. The van der Waals surface area contributed by atoms with E-state index in [-0.39, 0.29) is 21.5 Å². The van der Waals surface area contributed by atoms with Crippen LogP contribution in [-0.4, -0.2) is 10.7 Å². The van der Waals surface area contributed by atoms with Gasteiger partial charge in [-0.05, 0) is 25.1 Å². The predicted molar refractivity (Wildman–Crippen MR) is 79.6 cm³/mol. The number of hydrogen-bond acceptors (Lipinski definition) is 4. The maximum absolute atomic E-state index is 11.3. The summed E-state index contributed by atoms with van der Waals surface area (Å²) in [7, 11) is 0. The lowest BCUT2D eigenvalue weighted by Crippen LogP contribution is -1.94. The Labute approximate surface area is 130 Å². The minimum Gasteiger partial charge on any atom is -0.457 e. The summed E-state index contributed by atoms with van der Waals surface area (Å²) in [6.07, 6.45) is 0. The summed E-state index contributed by atoms with van der Waals surface area (Å²) in [5.74, 6) is 0.581. The van der Waals surface area contributed by atoms with E-state index in [1.54, 1.807) is 12.1 Å². The Morgan fingerprint density at radius 2 is 1.67 bits per heavy atom. The summed E-state index contributed by atoms with van der Waals surface area (Å²) in [6.45, 7) is 1.41. The van der Waals surface area contributed by atoms with Gasteiger partial charge < -0.3 is 4.74 Å². The third-order valence-electron chi connectivity index (χ3n) is 2.67. The SMILES string of the molecule is CC(=O)c1ccc(Oc2ccc([N+](=O)[O-])c(Cl)c2)cc1Cl. The molecule has 0 radical (unpaired) electrons. The molecule has 2 aromatic carbocycles. The molecule has 0 aliphatic heterocycles. The summed E-state index contributed by atoms with van der Waals surface area (Å²) in [5.41, 5.74) is 0.194. The molecule has 2 rings (SSSR count). The van der Waals surface area contributed by atoms with Crippen LogP contribution in [0.25, 0.3) is 0 Å². The van der Waals surface area contributed by atoms with Crippen LogP contribution >= 0.6 is 23.2 Å². The van der Waals surface area contributed by atoms with Gasteiger partial charge >= 0.3 is 0 Å². The van der Waals surface area contributed by atoms with Gasteiger partial charge in [0.05, 0.1) is 9.95 Å². The first-order valence-electron chi connectivity index (χ1n) is 5.81. The Morgan fingerprint density at radius 1 is 1.10 bits per heavy atom. The zero-order valence-electron chi connectivity index (χ0n) is 10.8. The van der Waals surface area contributed by atoms with Crippen molar-refractivity contribution in [3.63, 3.8) is 0 Å². The highest BCUT2D eigenvalue weighted by molar-refractivity contribution is 6.34. The number of ether oxygens (including phenoxy) is 1. The van der Waals surface area contributed by atoms with Crippen molar-refractivity contribution in [1.82, 2.24) is 0 Å². The average molecular weight is 326 g/mol. The monoisotopic (exact) mass is 325 g/mol. The minimum atomic E-state index is -0.579. The molecule has 0 fully saturated rings. The van der Waals surface area contributed by atoms with E-state index in [1.807, 2.05) is 0 Å². The lowest BCUT2D eigenvalue weighted by Gasteiger charge is -2.08. The zero-order chi connectivity index (χ0) is 15.6. The van der Waals surface area contributed by atoms with Crippen molar-refractivity contribution < 1.29 is 14.5 Å². The number of hydrogen-bond donors (Lipinski definition) is 0. The lowest BCUT2D eigenvalue weighted by molar-refractivity contribution is -0.384. The number of nitro benzene ring substituents is 1. The molecule has 0 aliphatic carbocycles. The molecular formula is C14H9Cl2NO4. The van der Waals surface area contributed by atoms with Gasteiger partial charge in [-0.25, -0.2) is 0 Å². The van der Waals surface area contributed by atoms with E-state index in [9.17, 15) is 14.9 Å². The van der Waals surface area contributed by atoms with Crippen LogP contribution < -0.4 is 4.74 Å². The fraction of sp³-hybridized carbons (Fsp3) is 0.0714. The second-order valence-corrected chi connectivity index (χ2v) is 4.98. The number of nitro groups is 1. The van der Waals surface area contributed by atoms with Gasteiger partial charge in [0.15, 0.2) is 5.78 Å². The molecule has 0 atom stereocenters. The summed E-state index contributed by atoms with van der Waals surface area (Å²) >= 11 is 11.8. The largest absolute Gasteiger partial charge is 0.457 e. The quantitative estimate of drug-likeness (QED) is 0.455. The smallest absolute Gasteiger partial charge is 0.288 e. The summed E-state index contributed by atoms with van der Waals surface area (Å²) in [6, 6.07) is 8.64. The Balaban J connectivity index is 2.26. The molecule has 0 N–H and O–H groups in total. The van der Waals surface area contributed by atoms with E-state index < -0.39 is 4.92 Å². The molecule has 0 bridgehead atoms. The number of carbonyl (C=O) groups is 1. The molecular weight excluding hydrogens is 317 g/mol. The first-order chi connectivity index (χ1) is 9.88. The molecule has 0 aliphatic rings. The Kier molecular flexibility index (Phi) is 4.45. The summed E-state index contributed by atoms with van der Waals surface area (Å²) in [4.78, 5) is 21.4. The first-order valence-corrected chi connectivity index (χ1v) is 6.56. The maximum atomic E-state index is 11.3. The molecule has 108 valence electrons. The van der Waals surface area contributed by atoms with Crippen LogP contribution in [0.4, 0.5) is 5.69 Å². The van der Waals surface area contributed by atoms with E-state index >= 15 is 0 Å². The van der Waals surface area contributed by atoms with Crippen LogP contribution in [0.15, 0.2) is 36.4 Å². The molecule has 21 heavy (non-hydrogen) atoms. The van der Waals surface area contributed by atoms with Crippen molar-refractivity contribution in [2.75, 3.05) is 0 Å². The van der Waals surface area contributed by atoms with Gasteiger partial charge in [-0.2, -0.15) is 0 Å². The van der Waals surface area contributed by atoms with Crippen molar-refractivity contribution >= 4 is 34.7 Å². The Bertz CT molecular complexity index is 669. The minimum absolute atomic E-state index is 0.0241. The number of Topliss-reactive ketones (excluding diaryl/α,β-unsaturated/α-hetero) is 1. The van der Waals surface area contributed by atoms with Crippen LogP contribution in [0, 0.1) is 10.1 Å². The second-order valence-electron chi connectivity index (χ2n) is 4.17. The predicted octanol–water partition coefficient (Wildman–Crippen LogP) is 4.90. The normalized spacial score (nSPS) is 10.2. The number of ketones is 1. The van der Waals surface area contributed by atoms with Crippen LogP contribution in [-0.2, 0) is 0 Å². The van der Waals surface area contributed by atoms with Crippen molar-refractivity contribution in [2.45, 2.75) is 6.92 Å². The Hall–Kier alpha value is -2.11. The highest BCUT2D eigenvalue weighted by Gasteiger charge is 2.13. The van der Waals surface area contributed by atoms with Gasteiger partial charge in [-0.3, -0.25) is 14.9 Å². The molecule has 5 nitrogen and oxygen atoms in total. The molecule has 0 heterocycles. The molecule has 0 saturated carbocycles. The molecule has 0 amide bonds. The number of rotatable bonds is 4. The van der Waals surface area contributed by atoms with Crippen LogP contribution in [0.2, 0.25) is 10.0 Å². The summed E-state index contributed by atoms with van der Waals surface area (Å²) < 4.78 is 5.51. The van der Waals surface area contributed by atoms with Gasteiger partial charge in [0.1, 0.15) is 16.5 Å². The molecule has 2 aromatic rings. The number of halogens is 2. The van der Waals surface area contributed by atoms with Crippen LogP contribution in [0.5, 0.6) is 11.5 Å². The molecule has 0 aromatic heterocycles. The Morgan fingerprint density at radius 3 is 2.14 bits per heavy atom. The van der Waals surface area contributed by atoms with Gasteiger partial charge in [0, 0.05) is 23.8 Å². The van der Waals surface area contributed by atoms with E-state index in [1.165, 1.54) is 31.2 Å². The van der Waals surface area contributed by atoms with Gasteiger partial charge in [0.2, 0.25) is 0 Å². The fourth-order valence-electron chi connectivity index (χ4n) is 1.68. The standard InChI is InChI=1S/C14H9Cl2NO4/c1-8(18)11-4-2-9(6-12(11)15)21-10-3-5-14(17(19)20)13(16)7-10/h2-7H,1H3. The first kappa shape index (κ1) is 15.3. The highest BCUT2D eigenvalue weighted by Crippen LogP contribution is 2.32. The number of carbonyl (C=O) groups excluding carboxylic acids is 1. The average Bonchev–Trinajstić information content (AvgIpc) is 2.37. The van der Waals surface area contributed by atoms with Crippen molar-refractivity contribution in [3.8, 4) is 11.5 Å². The van der Waals surface area contributed by atoms with E-state index in [4.69, 9.17) is 27.9 Å². The molecule has 0 spiro atoms. The van der Waals surface area contributed by atoms with Crippen LogP contribution in [0.3, 0.4) is 0 Å². The number of benzene rings is 2. The molecule has 0 unspecified atom stereocenters. The van der Waals surface area contributed by atoms with E-state index in [2.05, 4.69) is 0 Å². The van der Waals surface area contributed by atoms with Gasteiger partial charge in [-0.15, -0.1) is 0 Å². The highest BCUT2D eigenvalue weighted by atomic mass is 35.5. The van der Waals surface area contributed by atoms with E-state index in [0.29, 0.717) is 17.1 Å². The van der Waals surface area contributed by atoms with Crippen molar-refractivity contribution in [1.29, 1.82) is 0 Å². The third kappa shape index (κ3) is 3.51. The van der Waals surface area contributed by atoms with E-state index in [0.717, 1.165) is 0 Å². The van der Waals surface area contributed by atoms with Crippen LogP contribution in [0.1, 0.15) is 17.3 Å². The summed E-state index contributed by atoms with van der Waals surface area (Å²) in [5, 5.41) is 10.9. The second kappa shape index (κ2) is 6.11. The maximum Gasteiger partial charge on any atom is 0.288 e. The van der Waals surface area contributed by atoms with Crippen molar-refractivity contribution in [3.05, 3.63) is 62.1 Å². The fourth-order valence-corrected chi connectivity index (χ4v) is 2.22. The molecule has 7 heteroatoms.